The van der Waals surface area contributed by atoms with Gasteiger partial charge in [0.2, 0.25) is 0 Å². The minimum Gasteiger partial charge on any atom is -0.493 e. The van der Waals surface area contributed by atoms with Gasteiger partial charge in [0.15, 0.2) is 0 Å². The molecule has 0 saturated heterocycles. The second-order valence-corrected chi connectivity index (χ2v) is 5.96. The van der Waals surface area contributed by atoms with Crippen LogP contribution in [0.3, 0.4) is 0 Å². The quantitative estimate of drug-likeness (QED) is 0.710. The van der Waals surface area contributed by atoms with Crippen molar-refractivity contribution in [1.29, 1.82) is 0 Å². The summed E-state index contributed by atoms with van der Waals surface area (Å²) >= 11 is 6.12. The molecule has 2 heterocycles. The zero-order valence-corrected chi connectivity index (χ0v) is 13.1. The molecule has 0 aliphatic carbocycles. The van der Waals surface area contributed by atoms with Crippen molar-refractivity contribution in [3.8, 4) is 5.75 Å². The van der Waals surface area contributed by atoms with Crippen molar-refractivity contribution in [2.24, 2.45) is 0 Å². The van der Waals surface area contributed by atoms with Gasteiger partial charge in [-0.1, -0.05) is 17.7 Å². The number of benzene rings is 2. The van der Waals surface area contributed by atoms with Crippen LogP contribution in [0, 0.1) is 0 Å². The molecule has 4 rings (SSSR count). The first kappa shape index (κ1) is 15.2. The number of fused-ring (bicyclic) bond motifs is 2. The molecule has 0 saturated carbocycles. The Bertz CT molecular complexity index is 848. The van der Waals surface area contributed by atoms with E-state index in [9.17, 15) is 13.2 Å². The number of anilines is 3. The topological polar surface area (TPSA) is 24.5 Å². The lowest BCUT2D eigenvalue weighted by Crippen LogP contribution is -2.19. The lowest BCUT2D eigenvalue weighted by atomic mass is 10.1. The summed E-state index contributed by atoms with van der Waals surface area (Å²) in [5.74, 6) is 0.754. The number of nitrogens with one attached hydrogen (secondary N) is 1. The SMILES string of the molecule is FC(F)(F)c1ccc2c(c1)N(c1cccc3c1CCO3)C=C(Cl)N2. The van der Waals surface area contributed by atoms with Crippen LogP contribution in [-0.2, 0) is 12.6 Å². The van der Waals surface area contributed by atoms with Crippen molar-refractivity contribution in [3.05, 3.63) is 58.9 Å². The van der Waals surface area contributed by atoms with Crippen LogP contribution in [0.15, 0.2) is 47.8 Å². The predicted octanol–water partition coefficient (Wildman–Crippen LogP) is 5.24. The molecule has 0 amide bonds. The molecule has 3 nitrogen and oxygen atoms in total. The normalized spacial score (nSPS) is 16.0. The molecule has 2 aliphatic heterocycles. The molecule has 0 spiro atoms. The summed E-state index contributed by atoms with van der Waals surface area (Å²) in [7, 11) is 0. The van der Waals surface area contributed by atoms with Crippen LogP contribution in [0.1, 0.15) is 11.1 Å². The first-order valence-corrected chi connectivity index (χ1v) is 7.71. The van der Waals surface area contributed by atoms with Gasteiger partial charge < -0.3 is 15.0 Å². The van der Waals surface area contributed by atoms with Crippen LogP contribution in [0.25, 0.3) is 0 Å². The molecule has 0 aromatic heterocycles. The van der Waals surface area contributed by atoms with Gasteiger partial charge in [0, 0.05) is 18.2 Å². The maximum Gasteiger partial charge on any atom is 0.416 e. The molecule has 1 N–H and O–H groups in total. The lowest BCUT2D eigenvalue weighted by molar-refractivity contribution is -0.137. The Kier molecular flexibility index (Phi) is 3.38. The molecule has 124 valence electrons. The first-order valence-electron chi connectivity index (χ1n) is 7.33. The van der Waals surface area contributed by atoms with Crippen LogP contribution in [0.4, 0.5) is 30.2 Å². The fourth-order valence-electron chi connectivity index (χ4n) is 2.99. The second-order valence-electron chi connectivity index (χ2n) is 5.55. The summed E-state index contributed by atoms with van der Waals surface area (Å²) in [5.41, 5.74) is 1.94. The van der Waals surface area contributed by atoms with Crippen LogP contribution in [0.5, 0.6) is 5.75 Å². The highest BCUT2D eigenvalue weighted by Gasteiger charge is 2.33. The van der Waals surface area contributed by atoms with Gasteiger partial charge in [-0.3, -0.25) is 0 Å². The van der Waals surface area contributed by atoms with Gasteiger partial charge in [-0.25, -0.2) is 0 Å². The summed E-state index contributed by atoms with van der Waals surface area (Å²) in [4.78, 5) is 1.68. The minimum absolute atomic E-state index is 0.332. The fraction of sp³-hybridized carbons (Fsp3) is 0.176. The molecule has 0 atom stereocenters. The van der Waals surface area contributed by atoms with Crippen molar-refractivity contribution >= 4 is 28.7 Å². The summed E-state index contributed by atoms with van der Waals surface area (Å²) in [6, 6.07) is 9.07. The highest BCUT2D eigenvalue weighted by Crippen LogP contribution is 2.44. The first-order chi connectivity index (χ1) is 11.4. The third-order valence-corrected chi connectivity index (χ3v) is 4.25. The average molecular weight is 353 g/mol. The summed E-state index contributed by atoms with van der Waals surface area (Å²) < 4.78 is 44.8. The van der Waals surface area contributed by atoms with E-state index in [0.29, 0.717) is 29.6 Å². The number of rotatable bonds is 1. The lowest BCUT2D eigenvalue weighted by Gasteiger charge is -2.30. The van der Waals surface area contributed by atoms with Gasteiger partial charge in [-0.2, -0.15) is 13.2 Å². The van der Waals surface area contributed by atoms with Gasteiger partial charge in [0.25, 0.3) is 0 Å². The number of hydrogen-bond acceptors (Lipinski definition) is 3. The Morgan fingerprint density at radius 3 is 2.75 bits per heavy atom. The molecular formula is C17H12ClF3N2O. The third-order valence-electron chi connectivity index (χ3n) is 4.06. The van der Waals surface area contributed by atoms with Gasteiger partial charge in [-0.15, -0.1) is 0 Å². The molecule has 2 aromatic carbocycles. The van der Waals surface area contributed by atoms with E-state index in [1.807, 2.05) is 18.2 Å². The molecule has 2 aromatic rings. The maximum absolute atomic E-state index is 13.1. The molecule has 0 radical (unpaired) electrons. The van der Waals surface area contributed by atoms with E-state index in [0.717, 1.165) is 29.1 Å². The van der Waals surface area contributed by atoms with Crippen molar-refractivity contribution in [2.45, 2.75) is 12.6 Å². The zero-order chi connectivity index (χ0) is 16.9. The number of ether oxygens (including phenoxy) is 1. The molecule has 7 heteroatoms. The maximum atomic E-state index is 13.1. The average Bonchev–Trinajstić information content (AvgIpc) is 3.01. The van der Waals surface area contributed by atoms with Crippen LogP contribution >= 0.6 is 11.6 Å². The smallest absolute Gasteiger partial charge is 0.416 e. The molecule has 0 unspecified atom stereocenters. The van der Waals surface area contributed by atoms with Crippen molar-refractivity contribution < 1.29 is 17.9 Å². The molecule has 2 aliphatic rings. The molecule has 24 heavy (non-hydrogen) atoms. The van der Waals surface area contributed by atoms with E-state index >= 15 is 0 Å². The number of alkyl halides is 3. The third kappa shape index (κ3) is 2.47. The number of hydrogen-bond donors (Lipinski definition) is 1. The van der Waals surface area contributed by atoms with Gasteiger partial charge >= 0.3 is 6.18 Å². The van der Waals surface area contributed by atoms with E-state index < -0.39 is 11.7 Å². The standard InChI is InChI=1S/C17H12ClF3N2O/c18-16-9-23(13-2-1-3-15-11(13)6-7-24-15)14-8-10(17(19,20)21)4-5-12(14)22-16/h1-5,8-9,22H,6-7H2. The molecular weight excluding hydrogens is 341 g/mol. The Hall–Kier alpha value is -2.34. The second kappa shape index (κ2) is 5.34. The predicted molar refractivity (Wildman–Crippen MR) is 86.8 cm³/mol. The Labute approximate surface area is 141 Å². The number of nitrogens with zero attached hydrogens (tertiary/aromatic N) is 1. The fourth-order valence-corrected chi connectivity index (χ4v) is 3.18. The van der Waals surface area contributed by atoms with Crippen LogP contribution in [0.2, 0.25) is 0 Å². The Morgan fingerprint density at radius 1 is 1.12 bits per heavy atom. The van der Waals surface area contributed by atoms with Crippen molar-refractivity contribution in [3.63, 3.8) is 0 Å². The highest BCUT2D eigenvalue weighted by molar-refractivity contribution is 6.31. The van der Waals surface area contributed by atoms with Crippen LogP contribution < -0.4 is 15.0 Å². The highest BCUT2D eigenvalue weighted by atomic mass is 35.5. The summed E-state index contributed by atoms with van der Waals surface area (Å²) in [6.07, 6.45) is -2.12. The van der Waals surface area contributed by atoms with E-state index in [2.05, 4.69) is 5.32 Å². The van der Waals surface area contributed by atoms with Gasteiger partial charge in [0.05, 0.1) is 29.2 Å². The zero-order valence-electron chi connectivity index (χ0n) is 12.3. The largest absolute Gasteiger partial charge is 0.493 e. The molecule has 0 bridgehead atoms. The van der Waals surface area contributed by atoms with Gasteiger partial charge in [-0.05, 0) is 30.3 Å². The van der Waals surface area contributed by atoms with Crippen LogP contribution in [-0.4, -0.2) is 6.61 Å². The Morgan fingerprint density at radius 2 is 1.96 bits per heavy atom. The van der Waals surface area contributed by atoms with E-state index in [1.54, 1.807) is 11.1 Å². The molecule has 0 fully saturated rings. The van der Waals surface area contributed by atoms with Crippen molar-refractivity contribution in [2.75, 3.05) is 16.8 Å². The van der Waals surface area contributed by atoms with E-state index in [4.69, 9.17) is 16.3 Å². The minimum atomic E-state index is -4.41. The van der Waals surface area contributed by atoms with Gasteiger partial charge in [0.1, 0.15) is 10.9 Å². The monoisotopic (exact) mass is 352 g/mol. The Balaban J connectivity index is 1.88. The number of halogens is 4. The van der Waals surface area contributed by atoms with Crippen molar-refractivity contribution in [1.82, 2.24) is 0 Å². The summed E-state index contributed by atoms with van der Waals surface area (Å²) in [5, 5.41) is 3.22. The van der Waals surface area contributed by atoms with E-state index in [-0.39, 0.29) is 0 Å². The van der Waals surface area contributed by atoms with E-state index in [1.165, 1.54) is 6.07 Å². The summed E-state index contributed by atoms with van der Waals surface area (Å²) in [6.45, 7) is 0.561.